The van der Waals surface area contributed by atoms with Crippen molar-refractivity contribution in [3.63, 3.8) is 0 Å². The fourth-order valence-corrected chi connectivity index (χ4v) is 5.81. The Balaban J connectivity index is 1.65. The third-order valence-corrected chi connectivity index (χ3v) is 7.42. The summed E-state index contributed by atoms with van der Waals surface area (Å²) in [5.74, 6) is 2.43. The summed E-state index contributed by atoms with van der Waals surface area (Å²) in [4.78, 5) is 0. The molecule has 0 amide bonds. The highest BCUT2D eigenvalue weighted by Gasteiger charge is 2.48. The monoisotopic (exact) mass is 356 g/mol. The van der Waals surface area contributed by atoms with Crippen LogP contribution in [0, 0.1) is 23.2 Å². The average Bonchev–Trinajstić information content (AvgIpc) is 2.93. The van der Waals surface area contributed by atoms with Gasteiger partial charge in [0.05, 0.1) is 6.10 Å². The van der Waals surface area contributed by atoms with Gasteiger partial charge in [-0.05, 0) is 93.8 Å². The van der Waals surface area contributed by atoms with Crippen LogP contribution in [0.25, 0.3) is 0 Å². The van der Waals surface area contributed by atoms with Gasteiger partial charge in [-0.15, -0.1) is 0 Å². The summed E-state index contributed by atoms with van der Waals surface area (Å²) in [5.41, 5.74) is 3.69. The van der Waals surface area contributed by atoms with Crippen molar-refractivity contribution in [1.29, 1.82) is 0 Å². The number of aliphatic hydroxyl groups is 1. The average molecular weight is 357 g/mol. The van der Waals surface area contributed by atoms with Crippen LogP contribution in [0.5, 0.6) is 0 Å². The normalized spacial score (nSPS) is 38.6. The topological polar surface area (TPSA) is 20.2 Å². The Labute approximate surface area is 161 Å². The van der Waals surface area contributed by atoms with Crippen molar-refractivity contribution in [2.45, 2.75) is 97.5 Å². The van der Waals surface area contributed by atoms with Gasteiger partial charge in [0.2, 0.25) is 0 Å². The maximum atomic E-state index is 9.91. The predicted octanol–water partition coefficient (Wildman–Crippen LogP) is 6.98. The molecule has 3 fully saturated rings. The van der Waals surface area contributed by atoms with Gasteiger partial charge in [-0.1, -0.05) is 56.2 Å². The first-order chi connectivity index (χ1) is 12.5. The van der Waals surface area contributed by atoms with Crippen molar-refractivity contribution >= 4 is 0 Å². The van der Waals surface area contributed by atoms with Crippen LogP contribution < -0.4 is 0 Å². The highest BCUT2D eigenvalue weighted by atomic mass is 16.3. The van der Waals surface area contributed by atoms with Gasteiger partial charge < -0.3 is 5.11 Å². The number of rotatable bonds is 5. The van der Waals surface area contributed by atoms with Gasteiger partial charge in [-0.3, -0.25) is 0 Å². The fourth-order valence-electron chi connectivity index (χ4n) is 5.81. The molecule has 0 spiro atoms. The van der Waals surface area contributed by atoms with Gasteiger partial charge in [0.25, 0.3) is 0 Å². The predicted molar refractivity (Wildman–Crippen MR) is 112 cm³/mol. The Bertz CT molecular complexity index is 553. The molecule has 0 bridgehead atoms. The quantitative estimate of drug-likeness (QED) is 0.527. The fraction of sp³-hybridized carbons (Fsp3) is 0.760. The van der Waals surface area contributed by atoms with E-state index in [9.17, 15) is 5.11 Å². The molecule has 0 radical (unpaired) electrons. The van der Waals surface area contributed by atoms with Gasteiger partial charge in [0, 0.05) is 0 Å². The Kier molecular flexibility index (Phi) is 6.83. The third kappa shape index (κ3) is 4.71. The second-order valence-electron chi connectivity index (χ2n) is 9.84. The first-order valence-corrected chi connectivity index (χ1v) is 11.2. The number of allylic oxidation sites excluding steroid dienone is 5. The second kappa shape index (κ2) is 8.91. The van der Waals surface area contributed by atoms with Crippen LogP contribution >= 0.6 is 0 Å². The standard InChI is InChI=1S/C25H40O/c1-19(2)8-4-5-11-22-15-16-24-21(10-7-17-25(22,24)3)14-13-20-9-6-12-23(26)18-20/h4-5,13-14,19,22-24,26H,6-12,15-18H2,1-3H3/b5-4+,20-13+,21-14+. The van der Waals surface area contributed by atoms with E-state index >= 15 is 0 Å². The van der Waals surface area contributed by atoms with E-state index in [0.29, 0.717) is 5.41 Å². The molecule has 1 nitrogen and oxygen atoms in total. The van der Waals surface area contributed by atoms with Crippen LogP contribution in [0.4, 0.5) is 0 Å². The summed E-state index contributed by atoms with van der Waals surface area (Å²) >= 11 is 0. The molecule has 0 aliphatic heterocycles. The van der Waals surface area contributed by atoms with Gasteiger partial charge in [0.1, 0.15) is 0 Å². The molecule has 3 aliphatic rings. The first kappa shape index (κ1) is 19.9. The van der Waals surface area contributed by atoms with Crippen molar-refractivity contribution in [1.82, 2.24) is 0 Å². The Morgan fingerprint density at radius 3 is 2.69 bits per heavy atom. The number of hydrogen-bond donors (Lipinski definition) is 1. The summed E-state index contributed by atoms with van der Waals surface area (Å²) in [6.07, 6.45) is 23.2. The van der Waals surface area contributed by atoms with E-state index in [-0.39, 0.29) is 6.10 Å². The van der Waals surface area contributed by atoms with E-state index in [1.807, 2.05) is 0 Å². The van der Waals surface area contributed by atoms with Crippen molar-refractivity contribution in [3.05, 3.63) is 35.5 Å². The molecule has 1 N–H and O–H groups in total. The molecule has 3 aliphatic carbocycles. The van der Waals surface area contributed by atoms with E-state index in [1.165, 1.54) is 56.9 Å². The van der Waals surface area contributed by atoms with E-state index in [1.54, 1.807) is 5.57 Å². The maximum absolute atomic E-state index is 9.91. The minimum Gasteiger partial charge on any atom is -0.393 e. The van der Waals surface area contributed by atoms with Crippen molar-refractivity contribution in [2.75, 3.05) is 0 Å². The lowest BCUT2D eigenvalue weighted by atomic mass is 9.63. The van der Waals surface area contributed by atoms with E-state index in [4.69, 9.17) is 0 Å². The molecule has 0 aromatic carbocycles. The van der Waals surface area contributed by atoms with Gasteiger partial charge in [-0.2, -0.15) is 0 Å². The largest absolute Gasteiger partial charge is 0.393 e. The maximum Gasteiger partial charge on any atom is 0.0577 e. The molecule has 146 valence electrons. The number of hydrogen-bond acceptors (Lipinski definition) is 1. The molecule has 0 saturated heterocycles. The van der Waals surface area contributed by atoms with Crippen molar-refractivity contribution in [3.8, 4) is 0 Å². The van der Waals surface area contributed by atoms with Crippen LogP contribution in [0.1, 0.15) is 91.4 Å². The third-order valence-electron chi connectivity index (χ3n) is 7.42. The molecule has 0 aromatic heterocycles. The summed E-state index contributed by atoms with van der Waals surface area (Å²) in [6, 6.07) is 0. The summed E-state index contributed by atoms with van der Waals surface area (Å²) in [5, 5.41) is 9.91. The molecule has 26 heavy (non-hydrogen) atoms. The minimum absolute atomic E-state index is 0.0986. The highest BCUT2D eigenvalue weighted by molar-refractivity contribution is 5.25. The van der Waals surface area contributed by atoms with Gasteiger partial charge in [0.15, 0.2) is 0 Å². The Morgan fingerprint density at radius 2 is 1.92 bits per heavy atom. The van der Waals surface area contributed by atoms with E-state index in [2.05, 4.69) is 45.1 Å². The zero-order chi connectivity index (χ0) is 18.6. The van der Waals surface area contributed by atoms with Crippen LogP contribution in [-0.2, 0) is 0 Å². The lowest BCUT2D eigenvalue weighted by Gasteiger charge is -2.42. The van der Waals surface area contributed by atoms with Crippen LogP contribution in [0.2, 0.25) is 0 Å². The molecule has 4 unspecified atom stereocenters. The summed E-state index contributed by atoms with van der Waals surface area (Å²) < 4.78 is 0. The lowest BCUT2D eigenvalue weighted by Crippen LogP contribution is -2.33. The van der Waals surface area contributed by atoms with Gasteiger partial charge in [-0.25, -0.2) is 0 Å². The highest BCUT2D eigenvalue weighted by Crippen LogP contribution is 2.58. The minimum atomic E-state index is -0.0986. The summed E-state index contributed by atoms with van der Waals surface area (Å²) in [7, 11) is 0. The molecule has 0 heterocycles. The molecular weight excluding hydrogens is 316 g/mol. The molecular formula is C25H40O. The van der Waals surface area contributed by atoms with Crippen molar-refractivity contribution in [2.24, 2.45) is 23.2 Å². The van der Waals surface area contributed by atoms with E-state index in [0.717, 1.165) is 37.0 Å². The molecule has 4 atom stereocenters. The number of fused-ring (bicyclic) bond motifs is 1. The van der Waals surface area contributed by atoms with Crippen LogP contribution in [-0.4, -0.2) is 11.2 Å². The Hall–Kier alpha value is -0.820. The molecule has 0 aromatic rings. The molecule has 3 rings (SSSR count). The zero-order valence-corrected chi connectivity index (χ0v) is 17.3. The smallest absolute Gasteiger partial charge is 0.0577 e. The molecule has 1 heteroatoms. The lowest BCUT2D eigenvalue weighted by molar-refractivity contribution is 0.137. The Morgan fingerprint density at radius 1 is 1.08 bits per heavy atom. The summed E-state index contributed by atoms with van der Waals surface area (Å²) in [6.45, 7) is 7.18. The molecule has 3 saturated carbocycles. The van der Waals surface area contributed by atoms with E-state index < -0.39 is 0 Å². The van der Waals surface area contributed by atoms with Crippen molar-refractivity contribution < 1.29 is 5.11 Å². The van der Waals surface area contributed by atoms with Gasteiger partial charge >= 0.3 is 0 Å². The zero-order valence-electron chi connectivity index (χ0n) is 17.3. The van der Waals surface area contributed by atoms with Crippen LogP contribution in [0.3, 0.4) is 0 Å². The first-order valence-electron chi connectivity index (χ1n) is 11.2. The second-order valence-corrected chi connectivity index (χ2v) is 9.84. The van der Waals surface area contributed by atoms with Crippen LogP contribution in [0.15, 0.2) is 35.5 Å². The SMILES string of the molecule is CC(C)C/C=C/CC1CCC2/C(=C/C=C3\CCCC(O)C3)CCCC12C. The number of aliphatic hydroxyl groups excluding tert-OH is 1.